The van der Waals surface area contributed by atoms with E-state index in [0.29, 0.717) is 27.2 Å². The molecule has 0 amide bonds. The zero-order valence-corrected chi connectivity index (χ0v) is 18.9. The third-order valence-corrected chi connectivity index (χ3v) is 6.01. The Morgan fingerprint density at radius 3 is 2.45 bits per heavy atom. The number of carbonyl (C=O) groups excluding carboxylic acids is 1. The number of hydrogen-bond donors (Lipinski definition) is 3. The van der Waals surface area contributed by atoms with Crippen LogP contribution in [-0.2, 0) is 7.05 Å². The van der Waals surface area contributed by atoms with Crippen LogP contribution in [0.3, 0.4) is 0 Å². The lowest BCUT2D eigenvalue weighted by atomic mass is 9.96. The molecule has 0 bridgehead atoms. The summed E-state index contributed by atoms with van der Waals surface area (Å²) in [5.74, 6) is -0.625. The molecular weight excluding hydrogens is 440 g/mol. The van der Waals surface area contributed by atoms with Gasteiger partial charge >= 0.3 is 0 Å². The molecule has 0 spiro atoms. The van der Waals surface area contributed by atoms with Crippen LogP contribution in [0, 0.1) is 6.92 Å². The lowest BCUT2D eigenvalue weighted by Crippen LogP contribution is -2.26. The van der Waals surface area contributed by atoms with Crippen LogP contribution in [0.5, 0.6) is 11.5 Å². The van der Waals surface area contributed by atoms with E-state index < -0.39 is 17.4 Å². The fourth-order valence-corrected chi connectivity index (χ4v) is 4.04. The molecule has 4 rings (SSSR count). The molecular formula is C26H23ClN2O4. The largest absolute Gasteiger partial charge is 0.508 e. The molecule has 168 valence electrons. The normalized spacial score (nSPS) is 12.0. The zero-order chi connectivity index (χ0) is 23.7. The van der Waals surface area contributed by atoms with Gasteiger partial charge in [-0.3, -0.25) is 9.59 Å². The SMILES string of the molecule is Cc1cc(N[C@@H](CC(=O)c2c(O)c3ccccc3n(C)c2=O)c2ccc(Cl)cc2)ccc1O. The summed E-state index contributed by atoms with van der Waals surface area (Å²) in [6.07, 6.45) is -0.0807. The van der Waals surface area contributed by atoms with Crippen LogP contribution in [0.25, 0.3) is 10.9 Å². The first-order chi connectivity index (χ1) is 15.8. The highest BCUT2D eigenvalue weighted by atomic mass is 35.5. The number of aryl methyl sites for hydroxylation is 2. The van der Waals surface area contributed by atoms with Crippen molar-refractivity contribution in [3.8, 4) is 11.5 Å². The number of para-hydroxylation sites is 1. The molecule has 1 atom stereocenters. The smallest absolute Gasteiger partial charge is 0.265 e. The second kappa shape index (κ2) is 9.00. The van der Waals surface area contributed by atoms with Crippen LogP contribution >= 0.6 is 11.6 Å². The minimum atomic E-state index is -0.550. The van der Waals surface area contributed by atoms with Gasteiger partial charge in [-0.2, -0.15) is 0 Å². The van der Waals surface area contributed by atoms with Gasteiger partial charge in [0, 0.05) is 29.6 Å². The number of phenols is 1. The topological polar surface area (TPSA) is 91.6 Å². The van der Waals surface area contributed by atoms with E-state index in [1.165, 1.54) is 4.57 Å². The molecule has 0 fully saturated rings. The minimum Gasteiger partial charge on any atom is -0.508 e. The van der Waals surface area contributed by atoms with Gasteiger partial charge in [0.2, 0.25) is 0 Å². The van der Waals surface area contributed by atoms with Crippen molar-refractivity contribution in [1.82, 2.24) is 4.57 Å². The second-order valence-electron chi connectivity index (χ2n) is 7.98. The average Bonchev–Trinajstić information content (AvgIpc) is 2.80. The Bertz CT molecular complexity index is 1410. The van der Waals surface area contributed by atoms with E-state index >= 15 is 0 Å². The number of hydrogen-bond acceptors (Lipinski definition) is 5. The molecule has 1 aromatic heterocycles. The van der Waals surface area contributed by atoms with Gasteiger partial charge < -0.3 is 20.1 Å². The maximum absolute atomic E-state index is 13.4. The Morgan fingerprint density at radius 1 is 1.06 bits per heavy atom. The Balaban J connectivity index is 1.74. The van der Waals surface area contributed by atoms with E-state index in [-0.39, 0.29) is 23.5 Å². The number of aromatic nitrogens is 1. The van der Waals surface area contributed by atoms with Gasteiger partial charge in [-0.1, -0.05) is 35.9 Å². The van der Waals surface area contributed by atoms with Crippen molar-refractivity contribution < 1.29 is 15.0 Å². The van der Waals surface area contributed by atoms with Gasteiger partial charge in [0.05, 0.1) is 11.6 Å². The summed E-state index contributed by atoms with van der Waals surface area (Å²) in [6, 6.07) is 18.5. The van der Waals surface area contributed by atoms with Crippen LogP contribution < -0.4 is 10.9 Å². The third-order valence-electron chi connectivity index (χ3n) is 5.75. The molecule has 4 aromatic rings. The molecule has 7 heteroatoms. The van der Waals surface area contributed by atoms with Crippen molar-refractivity contribution in [3.63, 3.8) is 0 Å². The molecule has 0 aliphatic heterocycles. The summed E-state index contributed by atoms with van der Waals surface area (Å²) in [6.45, 7) is 1.78. The van der Waals surface area contributed by atoms with Gasteiger partial charge in [-0.25, -0.2) is 0 Å². The number of Topliss-reactive ketones (excluding diaryl/α,β-unsaturated/α-hetero) is 1. The maximum atomic E-state index is 13.4. The number of fused-ring (bicyclic) bond motifs is 1. The summed E-state index contributed by atoms with van der Waals surface area (Å²) in [4.78, 5) is 26.3. The fraction of sp³-hybridized carbons (Fsp3) is 0.154. The Labute approximate surface area is 195 Å². The molecule has 1 heterocycles. The van der Waals surface area contributed by atoms with Gasteiger partial charge in [0.1, 0.15) is 17.1 Å². The van der Waals surface area contributed by atoms with Gasteiger partial charge in [0.15, 0.2) is 5.78 Å². The number of anilines is 1. The number of halogens is 1. The average molecular weight is 463 g/mol. The second-order valence-corrected chi connectivity index (χ2v) is 8.42. The molecule has 33 heavy (non-hydrogen) atoms. The lowest BCUT2D eigenvalue weighted by Gasteiger charge is -2.21. The van der Waals surface area contributed by atoms with Crippen molar-refractivity contribution in [2.45, 2.75) is 19.4 Å². The molecule has 3 N–H and O–H groups in total. The summed E-state index contributed by atoms with van der Waals surface area (Å²) < 4.78 is 1.37. The number of pyridine rings is 1. The van der Waals surface area contributed by atoms with E-state index in [1.54, 1.807) is 80.7 Å². The number of ketones is 1. The molecule has 6 nitrogen and oxygen atoms in total. The number of benzene rings is 3. The van der Waals surface area contributed by atoms with Crippen LogP contribution in [-0.4, -0.2) is 20.6 Å². The maximum Gasteiger partial charge on any atom is 0.265 e. The highest BCUT2D eigenvalue weighted by Gasteiger charge is 2.25. The van der Waals surface area contributed by atoms with Gasteiger partial charge in [-0.15, -0.1) is 0 Å². The molecule has 0 unspecified atom stereocenters. The number of rotatable bonds is 6. The Hall–Kier alpha value is -3.77. The predicted molar refractivity (Wildman–Crippen MR) is 130 cm³/mol. The minimum absolute atomic E-state index is 0.0807. The monoisotopic (exact) mass is 462 g/mol. The highest BCUT2D eigenvalue weighted by molar-refractivity contribution is 6.30. The fourth-order valence-electron chi connectivity index (χ4n) is 3.91. The van der Waals surface area contributed by atoms with Crippen molar-refractivity contribution in [2.75, 3.05) is 5.32 Å². The van der Waals surface area contributed by atoms with Crippen LogP contribution in [0.2, 0.25) is 5.02 Å². The standard InChI is InChI=1S/C26H23ClN2O4/c1-15-13-18(11-12-22(15)30)28-20(16-7-9-17(27)10-8-16)14-23(31)24-25(32)19-5-3-4-6-21(19)29(2)26(24)33/h3-13,20,28,30,32H,14H2,1-2H3/t20-/m0/s1. The highest BCUT2D eigenvalue weighted by Crippen LogP contribution is 2.31. The van der Waals surface area contributed by atoms with Crippen LogP contribution in [0.15, 0.2) is 71.5 Å². The molecule has 0 radical (unpaired) electrons. The first kappa shape index (κ1) is 22.4. The first-order valence-electron chi connectivity index (χ1n) is 10.4. The van der Waals surface area contributed by atoms with Gasteiger partial charge in [-0.05, 0) is 60.5 Å². The van der Waals surface area contributed by atoms with E-state index in [2.05, 4.69) is 5.32 Å². The van der Waals surface area contributed by atoms with Crippen molar-refractivity contribution >= 4 is 34.0 Å². The molecule has 0 saturated heterocycles. The number of aromatic hydroxyl groups is 2. The van der Waals surface area contributed by atoms with Crippen molar-refractivity contribution in [3.05, 3.63) is 98.8 Å². The van der Waals surface area contributed by atoms with Crippen molar-refractivity contribution in [2.24, 2.45) is 7.05 Å². The lowest BCUT2D eigenvalue weighted by molar-refractivity contribution is 0.0972. The number of phenolic OH excluding ortho intramolecular Hbond substituents is 1. The van der Waals surface area contributed by atoms with Crippen molar-refractivity contribution in [1.29, 1.82) is 0 Å². The van der Waals surface area contributed by atoms with Gasteiger partial charge in [0.25, 0.3) is 5.56 Å². The predicted octanol–water partition coefficient (Wildman–Crippen LogP) is 5.34. The first-order valence-corrected chi connectivity index (χ1v) is 10.8. The van der Waals surface area contributed by atoms with E-state index in [4.69, 9.17) is 11.6 Å². The summed E-state index contributed by atoms with van der Waals surface area (Å²) in [5.41, 5.74) is 1.93. The zero-order valence-electron chi connectivity index (χ0n) is 18.2. The van der Waals surface area contributed by atoms with E-state index in [0.717, 1.165) is 5.56 Å². The van der Waals surface area contributed by atoms with E-state index in [9.17, 15) is 19.8 Å². The molecule has 0 aliphatic carbocycles. The number of carbonyl (C=O) groups is 1. The van der Waals surface area contributed by atoms with Crippen LogP contribution in [0.4, 0.5) is 5.69 Å². The summed E-state index contributed by atoms with van der Waals surface area (Å²) in [7, 11) is 1.58. The molecule has 3 aromatic carbocycles. The number of nitrogens with zero attached hydrogens (tertiary/aromatic N) is 1. The van der Waals surface area contributed by atoms with E-state index in [1.807, 2.05) is 0 Å². The quantitative estimate of drug-likeness (QED) is 0.266. The third kappa shape index (κ3) is 4.43. The molecule has 0 aliphatic rings. The Morgan fingerprint density at radius 2 is 1.76 bits per heavy atom. The van der Waals surface area contributed by atoms with Crippen LogP contribution in [0.1, 0.15) is 33.9 Å². The summed E-state index contributed by atoms with van der Waals surface area (Å²) in [5, 5.41) is 24.9. The number of nitrogens with one attached hydrogen (secondary N) is 1. The Kier molecular flexibility index (Phi) is 6.11. The summed E-state index contributed by atoms with van der Waals surface area (Å²) >= 11 is 6.04. The molecule has 0 saturated carbocycles.